The molecule has 0 aliphatic heterocycles. The summed E-state index contributed by atoms with van der Waals surface area (Å²) in [4.78, 5) is 12.4. The zero-order valence-electron chi connectivity index (χ0n) is 14.1. The summed E-state index contributed by atoms with van der Waals surface area (Å²) in [5, 5.41) is 20.6. The lowest BCUT2D eigenvalue weighted by Gasteiger charge is -2.17. The maximum atomic E-state index is 12.4. The molecular formula is C17H24N4O2. The van der Waals surface area contributed by atoms with E-state index in [-0.39, 0.29) is 11.9 Å². The van der Waals surface area contributed by atoms with Gasteiger partial charge in [-0.05, 0) is 51.3 Å². The van der Waals surface area contributed by atoms with Crippen LogP contribution in [0.15, 0.2) is 30.6 Å². The number of carbonyl (C=O) groups excluding carboxylic acids is 1. The van der Waals surface area contributed by atoms with E-state index in [2.05, 4.69) is 15.5 Å². The van der Waals surface area contributed by atoms with Gasteiger partial charge in [0.1, 0.15) is 6.33 Å². The topological polar surface area (TPSA) is 80.0 Å². The zero-order valence-corrected chi connectivity index (χ0v) is 14.1. The monoisotopic (exact) mass is 316 g/mol. The van der Waals surface area contributed by atoms with Crippen LogP contribution < -0.4 is 5.32 Å². The van der Waals surface area contributed by atoms with Crippen LogP contribution >= 0.6 is 0 Å². The SMILES string of the molecule is CC(NC(=O)c1cccc(CCC(C)(C)O)c1)c1nncn1C. The van der Waals surface area contributed by atoms with Gasteiger partial charge in [-0.2, -0.15) is 0 Å². The van der Waals surface area contributed by atoms with Gasteiger partial charge in [0.05, 0.1) is 11.6 Å². The van der Waals surface area contributed by atoms with Gasteiger partial charge in [0, 0.05) is 12.6 Å². The highest BCUT2D eigenvalue weighted by Gasteiger charge is 2.16. The van der Waals surface area contributed by atoms with Gasteiger partial charge < -0.3 is 15.0 Å². The number of hydrogen-bond acceptors (Lipinski definition) is 4. The van der Waals surface area contributed by atoms with Gasteiger partial charge in [0.25, 0.3) is 5.91 Å². The predicted molar refractivity (Wildman–Crippen MR) is 87.9 cm³/mol. The van der Waals surface area contributed by atoms with E-state index in [1.54, 1.807) is 30.8 Å². The molecule has 6 heteroatoms. The maximum absolute atomic E-state index is 12.4. The van der Waals surface area contributed by atoms with Crippen LogP contribution in [0, 0.1) is 0 Å². The van der Waals surface area contributed by atoms with Gasteiger partial charge in [-0.3, -0.25) is 4.79 Å². The molecule has 0 bridgehead atoms. The molecule has 2 rings (SSSR count). The highest BCUT2D eigenvalue weighted by atomic mass is 16.3. The molecule has 124 valence electrons. The van der Waals surface area contributed by atoms with Gasteiger partial charge in [-0.1, -0.05) is 12.1 Å². The molecule has 1 atom stereocenters. The first-order valence-corrected chi connectivity index (χ1v) is 7.72. The van der Waals surface area contributed by atoms with E-state index >= 15 is 0 Å². The van der Waals surface area contributed by atoms with Crippen LogP contribution in [0.1, 0.15) is 55.0 Å². The van der Waals surface area contributed by atoms with Crippen molar-refractivity contribution < 1.29 is 9.90 Å². The lowest BCUT2D eigenvalue weighted by atomic mass is 9.98. The molecule has 0 saturated carbocycles. The number of aryl methyl sites for hydroxylation is 2. The molecule has 0 spiro atoms. The molecule has 1 aromatic heterocycles. The number of amides is 1. The number of rotatable bonds is 6. The molecule has 1 aromatic carbocycles. The molecule has 0 aliphatic rings. The Balaban J connectivity index is 2.03. The van der Waals surface area contributed by atoms with Crippen LogP contribution in [-0.4, -0.2) is 31.4 Å². The average Bonchev–Trinajstić information content (AvgIpc) is 2.91. The van der Waals surface area contributed by atoms with Crippen LogP contribution in [0.4, 0.5) is 0 Å². The summed E-state index contributed by atoms with van der Waals surface area (Å²) in [5.74, 6) is 0.558. The number of aliphatic hydroxyl groups is 1. The molecule has 2 aromatic rings. The fraction of sp³-hybridized carbons (Fsp3) is 0.471. The highest BCUT2D eigenvalue weighted by Crippen LogP contribution is 2.15. The molecule has 1 amide bonds. The van der Waals surface area contributed by atoms with Crippen molar-refractivity contribution in [3.8, 4) is 0 Å². The van der Waals surface area contributed by atoms with Gasteiger partial charge in [0.15, 0.2) is 5.82 Å². The second-order valence-electron chi connectivity index (χ2n) is 6.51. The van der Waals surface area contributed by atoms with Crippen molar-refractivity contribution >= 4 is 5.91 Å². The van der Waals surface area contributed by atoms with E-state index in [1.807, 2.05) is 32.2 Å². The standard InChI is InChI=1S/C17H24N4O2/c1-12(15-20-18-11-21(15)4)19-16(22)14-7-5-6-13(10-14)8-9-17(2,3)23/h5-7,10-12,23H,8-9H2,1-4H3,(H,19,22). The Morgan fingerprint density at radius 2 is 2.17 bits per heavy atom. The summed E-state index contributed by atoms with van der Waals surface area (Å²) in [6.45, 7) is 5.44. The maximum Gasteiger partial charge on any atom is 0.251 e. The minimum absolute atomic E-state index is 0.148. The third-order valence-corrected chi connectivity index (χ3v) is 3.70. The zero-order chi connectivity index (χ0) is 17.0. The largest absolute Gasteiger partial charge is 0.390 e. The summed E-state index contributed by atoms with van der Waals surface area (Å²) in [6.07, 6.45) is 2.98. The van der Waals surface area contributed by atoms with Crippen molar-refractivity contribution in [2.24, 2.45) is 7.05 Å². The lowest BCUT2D eigenvalue weighted by molar-refractivity contribution is 0.0714. The molecule has 1 unspecified atom stereocenters. The van der Waals surface area contributed by atoms with E-state index in [4.69, 9.17) is 0 Å². The molecule has 2 N–H and O–H groups in total. The first kappa shape index (κ1) is 17.1. The quantitative estimate of drug-likeness (QED) is 0.854. The Bertz CT molecular complexity index is 673. The normalized spacial score (nSPS) is 12.9. The summed E-state index contributed by atoms with van der Waals surface area (Å²) in [6, 6.07) is 7.25. The second-order valence-corrected chi connectivity index (χ2v) is 6.51. The third kappa shape index (κ3) is 4.89. The fourth-order valence-corrected chi connectivity index (χ4v) is 2.35. The Kier molecular flexibility index (Phi) is 5.15. The average molecular weight is 316 g/mol. The first-order chi connectivity index (χ1) is 10.8. The van der Waals surface area contributed by atoms with Crippen LogP contribution in [0.25, 0.3) is 0 Å². The van der Waals surface area contributed by atoms with Gasteiger partial charge >= 0.3 is 0 Å². The lowest BCUT2D eigenvalue weighted by Crippen LogP contribution is -2.28. The number of carbonyl (C=O) groups is 1. The number of nitrogens with one attached hydrogen (secondary N) is 1. The molecular weight excluding hydrogens is 292 g/mol. The predicted octanol–water partition coefficient (Wildman–Crippen LogP) is 2.01. The van der Waals surface area contributed by atoms with E-state index in [0.717, 1.165) is 12.0 Å². The summed E-state index contributed by atoms with van der Waals surface area (Å²) in [5.41, 5.74) is 0.927. The molecule has 0 fully saturated rings. The first-order valence-electron chi connectivity index (χ1n) is 7.72. The van der Waals surface area contributed by atoms with Crippen molar-refractivity contribution in [2.75, 3.05) is 0 Å². The minimum atomic E-state index is -0.710. The van der Waals surface area contributed by atoms with E-state index in [9.17, 15) is 9.90 Å². The van der Waals surface area contributed by atoms with Crippen LogP contribution in [-0.2, 0) is 13.5 Å². The van der Waals surface area contributed by atoms with Gasteiger partial charge in [-0.25, -0.2) is 0 Å². The Morgan fingerprint density at radius 1 is 1.43 bits per heavy atom. The van der Waals surface area contributed by atoms with Crippen LogP contribution in [0.3, 0.4) is 0 Å². The minimum Gasteiger partial charge on any atom is -0.390 e. The Labute approximate surface area is 136 Å². The smallest absolute Gasteiger partial charge is 0.251 e. The fourth-order valence-electron chi connectivity index (χ4n) is 2.35. The van der Waals surface area contributed by atoms with E-state index in [1.165, 1.54) is 0 Å². The number of benzene rings is 1. The van der Waals surface area contributed by atoms with Gasteiger partial charge in [-0.15, -0.1) is 10.2 Å². The van der Waals surface area contributed by atoms with Crippen molar-refractivity contribution in [2.45, 2.75) is 45.3 Å². The Morgan fingerprint density at radius 3 is 2.78 bits per heavy atom. The van der Waals surface area contributed by atoms with E-state index in [0.29, 0.717) is 17.8 Å². The van der Waals surface area contributed by atoms with Crippen molar-refractivity contribution in [1.82, 2.24) is 20.1 Å². The summed E-state index contributed by atoms with van der Waals surface area (Å²) in [7, 11) is 1.84. The molecule has 23 heavy (non-hydrogen) atoms. The molecule has 0 saturated heterocycles. The van der Waals surface area contributed by atoms with E-state index < -0.39 is 5.60 Å². The van der Waals surface area contributed by atoms with Crippen molar-refractivity contribution in [3.63, 3.8) is 0 Å². The summed E-state index contributed by atoms with van der Waals surface area (Å²) < 4.78 is 1.78. The molecule has 0 radical (unpaired) electrons. The third-order valence-electron chi connectivity index (χ3n) is 3.70. The van der Waals surface area contributed by atoms with Gasteiger partial charge in [0.2, 0.25) is 0 Å². The number of aromatic nitrogens is 3. The molecule has 6 nitrogen and oxygen atoms in total. The second kappa shape index (κ2) is 6.91. The van der Waals surface area contributed by atoms with Crippen LogP contribution in [0.2, 0.25) is 0 Å². The summed E-state index contributed by atoms with van der Waals surface area (Å²) >= 11 is 0. The van der Waals surface area contributed by atoms with Crippen molar-refractivity contribution in [1.29, 1.82) is 0 Å². The highest BCUT2D eigenvalue weighted by molar-refractivity contribution is 5.94. The number of nitrogens with zero attached hydrogens (tertiary/aromatic N) is 3. The molecule has 1 heterocycles. The number of hydrogen-bond donors (Lipinski definition) is 2. The van der Waals surface area contributed by atoms with Crippen LogP contribution in [0.5, 0.6) is 0 Å². The van der Waals surface area contributed by atoms with Crippen molar-refractivity contribution in [3.05, 3.63) is 47.5 Å². The molecule has 0 aliphatic carbocycles. The Hall–Kier alpha value is -2.21.